The van der Waals surface area contributed by atoms with Crippen molar-refractivity contribution in [1.82, 2.24) is 5.32 Å². The minimum Gasteiger partial charge on any atom is -0.483 e. The molecule has 1 rings (SSSR count). The molecule has 0 aliphatic rings. The molecule has 0 fully saturated rings. The number of benzene rings is 1. The highest BCUT2D eigenvalue weighted by atomic mass is 19.1. The SMILES string of the molecule is CC(=O)C(NC(=O)COc1cc(F)ccc1C)C(C)C. The molecular weight excluding hydrogens is 261 g/mol. The van der Waals surface area contributed by atoms with E-state index in [1.807, 2.05) is 13.8 Å². The summed E-state index contributed by atoms with van der Waals surface area (Å²) in [6, 6.07) is 3.61. The number of halogens is 1. The molecule has 110 valence electrons. The molecule has 1 atom stereocenters. The molecule has 1 unspecified atom stereocenters. The van der Waals surface area contributed by atoms with E-state index in [1.165, 1.54) is 19.1 Å². The number of nitrogens with one attached hydrogen (secondary N) is 1. The second-order valence-electron chi connectivity index (χ2n) is 5.10. The molecule has 20 heavy (non-hydrogen) atoms. The second kappa shape index (κ2) is 7.03. The Morgan fingerprint density at radius 1 is 1.35 bits per heavy atom. The van der Waals surface area contributed by atoms with Gasteiger partial charge in [-0.3, -0.25) is 9.59 Å². The number of hydrogen-bond donors (Lipinski definition) is 1. The lowest BCUT2D eigenvalue weighted by molar-refractivity contribution is -0.129. The Balaban J connectivity index is 2.59. The Bertz CT molecular complexity index is 500. The maximum atomic E-state index is 13.1. The lowest BCUT2D eigenvalue weighted by Gasteiger charge is -2.19. The van der Waals surface area contributed by atoms with E-state index in [4.69, 9.17) is 4.74 Å². The van der Waals surface area contributed by atoms with E-state index in [9.17, 15) is 14.0 Å². The van der Waals surface area contributed by atoms with E-state index in [-0.39, 0.29) is 18.3 Å². The predicted molar refractivity (Wildman–Crippen MR) is 74.1 cm³/mol. The van der Waals surface area contributed by atoms with Crippen LogP contribution >= 0.6 is 0 Å². The minimum absolute atomic E-state index is 0.00681. The first-order valence-corrected chi connectivity index (χ1v) is 6.50. The Morgan fingerprint density at radius 2 is 2.00 bits per heavy atom. The summed E-state index contributed by atoms with van der Waals surface area (Å²) in [6.45, 7) is 6.65. The topological polar surface area (TPSA) is 55.4 Å². The van der Waals surface area contributed by atoms with Gasteiger partial charge in [-0.2, -0.15) is 0 Å². The van der Waals surface area contributed by atoms with E-state index in [0.717, 1.165) is 5.56 Å². The van der Waals surface area contributed by atoms with Crippen molar-refractivity contribution < 1.29 is 18.7 Å². The zero-order chi connectivity index (χ0) is 15.3. The van der Waals surface area contributed by atoms with Crippen molar-refractivity contribution >= 4 is 11.7 Å². The summed E-state index contributed by atoms with van der Waals surface area (Å²) in [6.07, 6.45) is 0. The molecule has 4 nitrogen and oxygen atoms in total. The number of ketones is 1. The molecule has 1 amide bonds. The molecule has 0 aliphatic carbocycles. The van der Waals surface area contributed by atoms with Crippen molar-refractivity contribution in [2.24, 2.45) is 5.92 Å². The summed E-state index contributed by atoms with van der Waals surface area (Å²) < 4.78 is 18.3. The van der Waals surface area contributed by atoms with Gasteiger partial charge in [-0.05, 0) is 31.4 Å². The van der Waals surface area contributed by atoms with Crippen LogP contribution < -0.4 is 10.1 Å². The van der Waals surface area contributed by atoms with Crippen LogP contribution in [-0.4, -0.2) is 24.3 Å². The fourth-order valence-electron chi connectivity index (χ4n) is 1.83. The zero-order valence-corrected chi connectivity index (χ0v) is 12.2. The number of carbonyl (C=O) groups excluding carboxylic acids is 2. The molecule has 0 radical (unpaired) electrons. The summed E-state index contributed by atoms with van der Waals surface area (Å²) in [5, 5.41) is 2.61. The van der Waals surface area contributed by atoms with E-state index >= 15 is 0 Å². The van der Waals surface area contributed by atoms with Gasteiger partial charge in [0, 0.05) is 6.07 Å². The van der Waals surface area contributed by atoms with Crippen LogP contribution in [0.4, 0.5) is 4.39 Å². The smallest absolute Gasteiger partial charge is 0.258 e. The first-order chi connectivity index (χ1) is 9.31. The van der Waals surface area contributed by atoms with Gasteiger partial charge in [0.2, 0.25) is 0 Å². The maximum Gasteiger partial charge on any atom is 0.258 e. The zero-order valence-electron chi connectivity index (χ0n) is 12.2. The Labute approximate surface area is 118 Å². The molecule has 5 heteroatoms. The summed E-state index contributed by atoms with van der Waals surface area (Å²) in [7, 11) is 0. The van der Waals surface area contributed by atoms with Crippen molar-refractivity contribution in [2.75, 3.05) is 6.61 Å². The third-order valence-electron chi connectivity index (χ3n) is 2.93. The molecule has 0 spiro atoms. The summed E-state index contributed by atoms with van der Waals surface area (Å²) in [5.74, 6) is -0.593. The van der Waals surface area contributed by atoms with Crippen molar-refractivity contribution in [3.63, 3.8) is 0 Å². The molecule has 1 aromatic rings. The monoisotopic (exact) mass is 281 g/mol. The van der Waals surface area contributed by atoms with Crippen molar-refractivity contribution in [2.45, 2.75) is 33.7 Å². The number of ether oxygens (including phenoxy) is 1. The van der Waals surface area contributed by atoms with Crippen LogP contribution in [0.1, 0.15) is 26.3 Å². The average molecular weight is 281 g/mol. The Kier molecular flexibility index (Phi) is 5.67. The third-order valence-corrected chi connectivity index (χ3v) is 2.93. The highest BCUT2D eigenvalue weighted by Gasteiger charge is 2.20. The van der Waals surface area contributed by atoms with Crippen LogP contribution in [0.5, 0.6) is 5.75 Å². The van der Waals surface area contributed by atoms with Gasteiger partial charge in [-0.1, -0.05) is 19.9 Å². The van der Waals surface area contributed by atoms with Gasteiger partial charge in [-0.15, -0.1) is 0 Å². The van der Waals surface area contributed by atoms with E-state index in [1.54, 1.807) is 13.0 Å². The van der Waals surface area contributed by atoms with Crippen LogP contribution in [0, 0.1) is 18.7 Å². The number of carbonyl (C=O) groups is 2. The van der Waals surface area contributed by atoms with Crippen molar-refractivity contribution in [1.29, 1.82) is 0 Å². The molecule has 0 saturated heterocycles. The summed E-state index contributed by atoms with van der Waals surface area (Å²) in [5.41, 5.74) is 0.742. The van der Waals surface area contributed by atoms with Crippen LogP contribution in [-0.2, 0) is 9.59 Å². The van der Waals surface area contributed by atoms with Gasteiger partial charge < -0.3 is 10.1 Å². The van der Waals surface area contributed by atoms with E-state index < -0.39 is 17.8 Å². The van der Waals surface area contributed by atoms with Gasteiger partial charge in [0.05, 0.1) is 6.04 Å². The summed E-state index contributed by atoms with van der Waals surface area (Å²) >= 11 is 0. The lowest BCUT2D eigenvalue weighted by Crippen LogP contribution is -2.45. The standard InChI is InChI=1S/C15H20FNO3/c1-9(2)15(11(4)18)17-14(19)8-20-13-7-12(16)6-5-10(13)3/h5-7,9,15H,8H2,1-4H3,(H,17,19). The highest BCUT2D eigenvalue weighted by molar-refractivity contribution is 5.88. The number of hydrogen-bond acceptors (Lipinski definition) is 3. The Hall–Kier alpha value is -1.91. The molecule has 1 N–H and O–H groups in total. The Morgan fingerprint density at radius 3 is 2.55 bits per heavy atom. The van der Waals surface area contributed by atoms with Crippen LogP contribution in [0.2, 0.25) is 0 Å². The largest absolute Gasteiger partial charge is 0.483 e. The van der Waals surface area contributed by atoms with Crippen molar-refractivity contribution in [3.8, 4) is 5.75 Å². The number of aryl methyl sites for hydroxylation is 1. The normalized spacial score (nSPS) is 12.1. The predicted octanol–water partition coefficient (Wildman–Crippen LogP) is 2.24. The van der Waals surface area contributed by atoms with E-state index in [2.05, 4.69) is 5.32 Å². The second-order valence-corrected chi connectivity index (χ2v) is 5.10. The molecule has 0 bridgehead atoms. The molecule has 0 heterocycles. The molecule has 0 aliphatic heterocycles. The maximum absolute atomic E-state index is 13.1. The fourth-order valence-corrected chi connectivity index (χ4v) is 1.83. The van der Waals surface area contributed by atoms with Crippen LogP contribution in [0.3, 0.4) is 0 Å². The molecule has 1 aromatic carbocycles. The van der Waals surface area contributed by atoms with Gasteiger partial charge in [0.1, 0.15) is 11.6 Å². The van der Waals surface area contributed by atoms with Crippen LogP contribution in [0.15, 0.2) is 18.2 Å². The molecule has 0 aromatic heterocycles. The quantitative estimate of drug-likeness (QED) is 0.870. The fraction of sp³-hybridized carbons (Fsp3) is 0.467. The number of Topliss-reactive ketones (excluding diaryl/α,β-unsaturated/α-hetero) is 1. The first-order valence-electron chi connectivity index (χ1n) is 6.50. The number of rotatable bonds is 6. The third kappa shape index (κ3) is 4.64. The van der Waals surface area contributed by atoms with Gasteiger partial charge in [0.15, 0.2) is 12.4 Å². The van der Waals surface area contributed by atoms with Crippen LogP contribution in [0.25, 0.3) is 0 Å². The molecular formula is C15H20FNO3. The minimum atomic E-state index is -0.528. The number of amides is 1. The average Bonchev–Trinajstić information content (AvgIpc) is 2.36. The van der Waals surface area contributed by atoms with Gasteiger partial charge >= 0.3 is 0 Å². The summed E-state index contributed by atoms with van der Waals surface area (Å²) in [4.78, 5) is 23.1. The van der Waals surface area contributed by atoms with Crippen molar-refractivity contribution in [3.05, 3.63) is 29.6 Å². The molecule has 0 saturated carbocycles. The van der Waals surface area contributed by atoms with E-state index in [0.29, 0.717) is 5.75 Å². The van der Waals surface area contributed by atoms with Gasteiger partial charge in [0.25, 0.3) is 5.91 Å². The van der Waals surface area contributed by atoms with Gasteiger partial charge in [-0.25, -0.2) is 4.39 Å². The lowest BCUT2D eigenvalue weighted by atomic mass is 10.0. The first kappa shape index (κ1) is 16.1. The highest BCUT2D eigenvalue weighted by Crippen LogP contribution is 2.18.